The van der Waals surface area contributed by atoms with E-state index in [2.05, 4.69) is 58.0 Å². The first-order valence-electron chi connectivity index (χ1n) is 10.6. The first kappa shape index (κ1) is 20.5. The van der Waals surface area contributed by atoms with Gasteiger partial charge in [0.1, 0.15) is 11.8 Å². The van der Waals surface area contributed by atoms with Gasteiger partial charge in [-0.25, -0.2) is 4.68 Å². The number of hydrogen-bond donors (Lipinski definition) is 2. The molecule has 4 aromatic rings. The third kappa shape index (κ3) is 4.21. The van der Waals surface area contributed by atoms with E-state index in [-0.39, 0.29) is 17.9 Å². The zero-order valence-corrected chi connectivity index (χ0v) is 18.3. The third-order valence-corrected chi connectivity index (χ3v) is 5.55. The van der Waals surface area contributed by atoms with Gasteiger partial charge in [0.05, 0.1) is 7.11 Å². The fraction of sp³-hybridized carbons (Fsp3) is 0.115. The Balaban J connectivity index is 1.47. The van der Waals surface area contributed by atoms with E-state index < -0.39 is 0 Å². The molecule has 3 aromatic carbocycles. The summed E-state index contributed by atoms with van der Waals surface area (Å²) in [5, 5.41) is 10.8. The number of allylic oxidation sites excluding steroid dienone is 1. The van der Waals surface area contributed by atoms with Crippen LogP contribution in [0, 0.1) is 6.92 Å². The van der Waals surface area contributed by atoms with Gasteiger partial charge in [0.15, 0.2) is 0 Å². The van der Waals surface area contributed by atoms with E-state index in [0.29, 0.717) is 17.3 Å². The minimum absolute atomic E-state index is 0.170. The summed E-state index contributed by atoms with van der Waals surface area (Å²) in [6, 6.07) is 25.1. The first-order chi connectivity index (χ1) is 16.1. The number of carbonyl (C=O) groups is 1. The molecule has 2 N–H and O–H groups in total. The molecule has 1 aromatic heterocycles. The molecular weight excluding hydrogens is 414 g/mol. The molecule has 5 rings (SSSR count). The van der Waals surface area contributed by atoms with Crippen LogP contribution in [0.25, 0.3) is 5.70 Å². The standard InChI is InChI=1S/C26H23N5O2/c1-17-8-10-19(11-9-17)23-16-22(18-6-4-3-5-7-18)27-26-29-25(30-31(23)26)28-24(32)20-12-14-21(33-2)15-13-20/h3-16,23H,1-2H3,(H2,27,28,29,30,32). The Bertz CT molecular complexity index is 1310. The molecule has 1 aliphatic heterocycles. The molecule has 1 aliphatic rings. The third-order valence-electron chi connectivity index (χ3n) is 5.55. The van der Waals surface area contributed by atoms with Crippen molar-refractivity contribution < 1.29 is 9.53 Å². The highest BCUT2D eigenvalue weighted by Gasteiger charge is 2.26. The number of hydrogen-bond acceptors (Lipinski definition) is 5. The maximum atomic E-state index is 12.7. The fourth-order valence-corrected chi connectivity index (χ4v) is 3.75. The highest BCUT2D eigenvalue weighted by Crippen LogP contribution is 2.33. The Morgan fingerprint density at radius 3 is 2.42 bits per heavy atom. The van der Waals surface area contributed by atoms with Crippen LogP contribution >= 0.6 is 0 Å². The molecule has 1 atom stereocenters. The van der Waals surface area contributed by atoms with E-state index in [4.69, 9.17) is 4.74 Å². The molecule has 0 saturated carbocycles. The summed E-state index contributed by atoms with van der Waals surface area (Å²) in [5.74, 6) is 1.20. The molecule has 0 saturated heterocycles. The lowest BCUT2D eigenvalue weighted by Crippen LogP contribution is -2.20. The highest BCUT2D eigenvalue weighted by molar-refractivity contribution is 6.03. The normalized spacial score (nSPS) is 14.6. The lowest BCUT2D eigenvalue weighted by molar-refractivity contribution is 0.102. The van der Waals surface area contributed by atoms with Crippen LogP contribution in [0.15, 0.2) is 84.9 Å². The minimum atomic E-state index is -0.288. The topological polar surface area (TPSA) is 81.1 Å². The van der Waals surface area contributed by atoms with Crippen molar-refractivity contribution in [3.05, 3.63) is 107 Å². The second-order valence-corrected chi connectivity index (χ2v) is 7.81. The number of rotatable bonds is 5. The summed E-state index contributed by atoms with van der Waals surface area (Å²) in [6.07, 6.45) is 2.12. The number of carbonyl (C=O) groups excluding carboxylic acids is 1. The largest absolute Gasteiger partial charge is 0.497 e. The van der Waals surface area contributed by atoms with E-state index >= 15 is 0 Å². The van der Waals surface area contributed by atoms with Gasteiger partial charge in [-0.15, -0.1) is 5.10 Å². The summed E-state index contributed by atoms with van der Waals surface area (Å²) < 4.78 is 6.95. The second kappa shape index (κ2) is 8.63. The number of nitrogens with zero attached hydrogens (tertiary/aromatic N) is 3. The number of aryl methyl sites for hydroxylation is 1. The van der Waals surface area contributed by atoms with Gasteiger partial charge < -0.3 is 10.1 Å². The van der Waals surface area contributed by atoms with Crippen LogP contribution in [0.5, 0.6) is 5.75 Å². The van der Waals surface area contributed by atoms with Gasteiger partial charge in [-0.3, -0.25) is 10.1 Å². The highest BCUT2D eigenvalue weighted by atomic mass is 16.5. The van der Waals surface area contributed by atoms with Crippen LogP contribution < -0.4 is 15.4 Å². The number of amides is 1. The number of benzene rings is 3. The minimum Gasteiger partial charge on any atom is -0.497 e. The maximum Gasteiger partial charge on any atom is 0.258 e. The molecule has 7 nitrogen and oxygen atoms in total. The lowest BCUT2D eigenvalue weighted by Gasteiger charge is -2.24. The molecule has 33 heavy (non-hydrogen) atoms. The molecule has 2 heterocycles. The number of ether oxygens (including phenoxy) is 1. The zero-order valence-electron chi connectivity index (χ0n) is 18.3. The lowest BCUT2D eigenvalue weighted by atomic mass is 10.0. The van der Waals surface area contributed by atoms with Crippen LogP contribution in [-0.2, 0) is 0 Å². The van der Waals surface area contributed by atoms with Crippen molar-refractivity contribution in [1.82, 2.24) is 14.8 Å². The van der Waals surface area contributed by atoms with Crippen molar-refractivity contribution >= 4 is 23.5 Å². The van der Waals surface area contributed by atoms with E-state index in [0.717, 1.165) is 16.8 Å². The van der Waals surface area contributed by atoms with Crippen molar-refractivity contribution in [2.45, 2.75) is 13.0 Å². The molecular formula is C26H23N5O2. The predicted octanol–water partition coefficient (Wildman–Crippen LogP) is 4.90. The van der Waals surface area contributed by atoms with E-state index in [1.165, 1.54) is 5.56 Å². The quantitative estimate of drug-likeness (QED) is 0.464. The fourth-order valence-electron chi connectivity index (χ4n) is 3.75. The van der Waals surface area contributed by atoms with Crippen molar-refractivity contribution in [1.29, 1.82) is 0 Å². The Labute approximate surface area is 191 Å². The van der Waals surface area contributed by atoms with Gasteiger partial charge in [-0.1, -0.05) is 60.2 Å². The Hall–Kier alpha value is -4.39. The van der Waals surface area contributed by atoms with Crippen LogP contribution in [0.3, 0.4) is 0 Å². The SMILES string of the molecule is COc1ccc(C(=O)Nc2nc3n(n2)C(c2ccc(C)cc2)C=C(c2ccccc2)N3)cc1. The van der Waals surface area contributed by atoms with Crippen molar-refractivity contribution in [2.24, 2.45) is 0 Å². The zero-order chi connectivity index (χ0) is 22.8. The molecule has 1 amide bonds. The first-order valence-corrected chi connectivity index (χ1v) is 10.6. The summed E-state index contributed by atoms with van der Waals surface area (Å²) in [4.78, 5) is 17.3. The summed E-state index contributed by atoms with van der Waals surface area (Å²) in [7, 11) is 1.59. The predicted molar refractivity (Wildman–Crippen MR) is 128 cm³/mol. The van der Waals surface area contributed by atoms with E-state index in [1.807, 2.05) is 30.3 Å². The van der Waals surface area contributed by atoms with Crippen molar-refractivity contribution in [3.8, 4) is 5.75 Å². The summed E-state index contributed by atoms with van der Waals surface area (Å²) in [6.45, 7) is 2.06. The van der Waals surface area contributed by atoms with Crippen molar-refractivity contribution in [2.75, 3.05) is 17.7 Å². The number of nitrogens with one attached hydrogen (secondary N) is 2. The Morgan fingerprint density at radius 1 is 1.00 bits per heavy atom. The van der Waals surface area contributed by atoms with E-state index in [9.17, 15) is 4.79 Å². The average molecular weight is 438 g/mol. The molecule has 0 bridgehead atoms. The van der Waals surface area contributed by atoms with Gasteiger partial charge in [0.2, 0.25) is 5.95 Å². The van der Waals surface area contributed by atoms with Gasteiger partial charge in [0, 0.05) is 11.3 Å². The molecule has 0 radical (unpaired) electrons. The molecule has 0 aliphatic carbocycles. The second-order valence-electron chi connectivity index (χ2n) is 7.81. The molecule has 0 spiro atoms. The monoisotopic (exact) mass is 437 g/mol. The molecule has 0 fully saturated rings. The maximum absolute atomic E-state index is 12.7. The van der Waals surface area contributed by atoms with Crippen LogP contribution in [-0.4, -0.2) is 27.8 Å². The van der Waals surface area contributed by atoms with Gasteiger partial charge in [0.25, 0.3) is 11.9 Å². The molecule has 7 heteroatoms. The number of fused-ring (bicyclic) bond motifs is 1. The molecule has 1 unspecified atom stereocenters. The Morgan fingerprint density at radius 2 is 1.73 bits per heavy atom. The summed E-state index contributed by atoms with van der Waals surface area (Å²) in [5.41, 5.74) is 4.75. The Kier molecular flexibility index (Phi) is 5.36. The number of methoxy groups -OCH3 is 1. The van der Waals surface area contributed by atoms with Crippen LogP contribution in [0.4, 0.5) is 11.9 Å². The number of aromatic nitrogens is 3. The van der Waals surface area contributed by atoms with Crippen LogP contribution in [0.1, 0.15) is 33.1 Å². The van der Waals surface area contributed by atoms with Crippen LogP contribution in [0.2, 0.25) is 0 Å². The molecule has 164 valence electrons. The van der Waals surface area contributed by atoms with Gasteiger partial charge in [-0.05, 0) is 48.4 Å². The number of anilines is 2. The van der Waals surface area contributed by atoms with Gasteiger partial charge in [-0.2, -0.15) is 4.98 Å². The van der Waals surface area contributed by atoms with E-state index in [1.54, 1.807) is 36.1 Å². The van der Waals surface area contributed by atoms with Gasteiger partial charge >= 0.3 is 0 Å². The average Bonchev–Trinajstić information content (AvgIpc) is 3.27. The smallest absolute Gasteiger partial charge is 0.258 e. The van der Waals surface area contributed by atoms with Crippen molar-refractivity contribution in [3.63, 3.8) is 0 Å². The summed E-state index contributed by atoms with van der Waals surface area (Å²) >= 11 is 0.